The summed E-state index contributed by atoms with van der Waals surface area (Å²) in [6, 6.07) is 14.5. The Balaban J connectivity index is 2.07. The summed E-state index contributed by atoms with van der Waals surface area (Å²) in [5.41, 5.74) is 14.2. The fraction of sp³-hybridized carbons (Fsp3) is 0.133. The average Bonchev–Trinajstić information content (AvgIpc) is 2.40. The average molecular weight is 255 g/mol. The van der Waals surface area contributed by atoms with Crippen LogP contribution in [0.4, 0.5) is 11.4 Å². The van der Waals surface area contributed by atoms with Gasteiger partial charge in [-0.05, 0) is 48.9 Å². The number of rotatable bonds is 4. The van der Waals surface area contributed by atoms with Crippen molar-refractivity contribution in [2.75, 3.05) is 17.6 Å². The molecule has 0 heterocycles. The van der Waals surface area contributed by atoms with Crippen molar-refractivity contribution in [3.8, 4) is 0 Å². The molecule has 0 fully saturated rings. The number of carbonyl (C=O) groups excluding carboxylic acids is 1. The molecule has 1 amide bonds. The van der Waals surface area contributed by atoms with Gasteiger partial charge in [-0.1, -0.05) is 18.2 Å². The lowest BCUT2D eigenvalue weighted by Crippen LogP contribution is -2.12. The Kier molecular flexibility index (Phi) is 4.15. The van der Waals surface area contributed by atoms with Gasteiger partial charge in [0, 0.05) is 16.9 Å². The first-order chi connectivity index (χ1) is 9.19. The molecule has 4 nitrogen and oxygen atoms in total. The molecule has 0 spiro atoms. The normalized spacial score (nSPS) is 10.2. The largest absolute Gasteiger partial charge is 0.399 e. The molecule has 2 rings (SSSR count). The van der Waals surface area contributed by atoms with Crippen LogP contribution in [0.15, 0.2) is 48.5 Å². The molecule has 0 radical (unpaired) electrons. The molecule has 0 bridgehead atoms. The Labute approximate surface area is 112 Å². The monoisotopic (exact) mass is 255 g/mol. The Bertz CT molecular complexity index is 564. The summed E-state index contributed by atoms with van der Waals surface area (Å²) in [7, 11) is 0. The molecule has 0 aromatic heterocycles. The topological polar surface area (TPSA) is 81.1 Å². The molecule has 2 aromatic carbocycles. The number of nitrogens with one attached hydrogen (secondary N) is 1. The zero-order valence-electron chi connectivity index (χ0n) is 10.6. The van der Waals surface area contributed by atoms with Gasteiger partial charge in [-0.15, -0.1) is 0 Å². The molecule has 0 aliphatic rings. The molecule has 0 aliphatic carbocycles. The van der Waals surface area contributed by atoms with Crippen molar-refractivity contribution >= 4 is 17.3 Å². The molecular formula is C15H17N3O. The van der Waals surface area contributed by atoms with Crippen LogP contribution < -0.4 is 16.8 Å². The second kappa shape index (κ2) is 6.02. The SMILES string of the molecule is NCCc1ccc(C(=O)Nc2cccc(N)c2)cc1. The van der Waals surface area contributed by atoms with E-state index >= 15 is 0 Å². The number of carbonyl (C=O) groups is 1. The van der Waals surface area contributed by atoms with Crippen molar-refractivity contribution in [3.05, 3.63) is 59.7 Å². The van der Waals surface area contributed by atoms with E-state index in [0.717, 1.165) is 12.0 Å². The first-order valence-corrected chi connectivity index (χ1v) is 6.15. The standard InChI is InChI=1S/C15H17N3O/c16-9-8-11-4-6-12(7-5-11)15(19)18-14-3-1-2-13(17)10-14/h1-7,10H,8-9,16-17H2,(H,18,19). The lowest BCUT2D eigenvalue weighted by atomic mass is 10.1. The second-order valence-corrected chi connectivity index (χ2v) is 4.32. The molecule has 0 aliphatic heterocycles. The van der Waals surface area contributed by atoms with Crippen LogP contribution in [0.3, 0.4) is 0 Å². The summed E-state index contributed by atoms with van der Waals surface area (Å²) in [5.74, 6) is -0.148. The van der Waals surface area contributed by atoms with Crippen LogP contribution in [0.1, 0.15) is 15.9 Å². The van der Waals surface area contributed by atoms with E-state index in [1.165, 1.54) is 0 Å². The molecule has 0 atom stereocenters. The molecule has 0 saturated carbocycles. The lowest BCUT2D eigenvalue weighted by molar-refractivity contribution is 0.102. The van der Waals surface area contributed by atoms with Crippen LogP contribution in [0.25, 0.3) is 0 Å². The fourth-order valence-electron chi connectivity index (χ4n) is 1.81. The van der Waals surface area contributed by atoms with Gasteiger partial charge in [0.05, 0.1) is 0 Å². The third-order valence-electron chi connectivity index (χ3n) is 2.79. The van der Waals surface area contributed by atoms with E-state index < -0.39 is 0 Å². The maximum Gasteiger partial charge on any atom is 0.255 e. The maximum absolute atomic E-state index is 12.0. The predicted molar refractivity (Wildman–Crippen MR) is 78.0 cm³/mol. The number of nitrogens with two attached hydrogens (primary N) is 2. The maximum atomic E-state index is 12.0. The fourth-order valence-corrected chi connectivity index (χ4v) is 1.81. The Morgan fingerprint density at radius 2 is 1.84 bits per heavy atom. The van der Waals surface area contributed by atoms with Crippen LogP contribution in [0.2, 0.25) is 0 Å². The van der Waals surface area contributed by atoms with Crippen molar-refractivity contribution in [2.24, 2.45) is 5.73 Å². The molecule has 4 heteroatoms. The van der Waals surface area contributed by atoms with Crippen LogP contribution in [-0.4, -0.2) is 12.5 Å². The van der Waals surface area contributed by atoms with Crippen LogP contribution in [0.5, 0.6) is 0 Å². The van der Waals surface area contributed by atoms with Crippen LogP contribution >= 0.6 is 0 Å². The van der Waals surface area contributed by atoms with Gasteiger partial charge < -0.3 is 16.8 Å². The van der Waals surface area contributed by atoms with E-state index in [1.54, 1.807) is 36.4 Å². The quantitative estimate of drug-likeness (QED) is 0.731. The number of anilines is 2. The van der Waals surface area contributed by atoms with Crippen molar-refractivity contribution in [1.29, 1.82) is 0 Å². The van der Waals surface area contributed by atoms with Gasteiger partial charge in [0.15, 0.2) is 0 Å². The van der Waals surface area contributed by atoms with Gasteiger partial charge in [-0.2, -0.15) is 0 Å². The van der Waals surface area contributed by atoms with E-state index in [0.29, 0.717) is 23.5 Å². The van der Waals surface area contributed by atoms with Gasteiger partial charge in [0.1, 0.15) is 0 Å². The number of hydrogen-bond acceptors (Lipinski definition) is 3. The minimum atomic E-state index is -0.148. The van der Waals surface area contributed by atoms with Crippen LogP contribution in [0, 0.1) is 0 Å². The zero-order valence-corrected chi connectivity index (χ0v) is 10.6. The Morgan fingerprint density at radius 1 is 1.11 bits per heavy atom. The summed E-state index contributed by atoms with van der Waals surface area (Å²) in [6.07, 6.45) is 0.817. The minimum absolute atomic E-state index is 0.148. The number of nitrogen functional groups attached to an aromatic ring is 1. The van der Waals surface area contributed by atoms with Gasteiger partial charge in [0.2, 0.25) is 0 Å². The first kappa shape index (κ1) is 13.1. The molecule has 0 saturated heterocycles. The summed E-state index contributed by atoms with van der Waals surface area (Å²) >= 11 is 0. The van der Waals surface area contributed by atoms with Gasteiger partial charge in [0.25, 0.3) is 5.91 Å². The number of benzene rings is 2. The highest BCUT2D eigenvalue weighted by Gasteiger charge is 2.05. The molecular weight excluding hydrogens is 238 g/mol. The third kappa shape index (κ3) is 3.56. The van der Waals surface area contributed by atoms with E-state index in [2.05, 4.69) is 5.32 Å². The Morgan fingerprint density at radius 3 is 2.47 bits per heavy atom. The van der Waals surface area contributed by atoms with Crippen molar-refractivity contribution < 1.29 is 4.79 Å². The second-order valence-electron chi connectivity index (χ2n) is 4.32. The van der Waals surface area contributed by atoms with Crippen molar-refractivity contribution in [1.82, 2.24) is 0 Å². The first-order valence-electron chi connectivity index (χ1n) is 6.15. The Hall–Kier alpha value is -2.33. The van der Waals surface area contributed by atoms with E-state index in [4.69, 9.17) is 11.5 Å². The highest BCUT2D eigenvalue weighted by atomic mass is 16.1. The summed E-state index contributed by atoms with van der Waals surface area (Å²) in [4.78, 5) is 12.0. The smallest absolute Gasteiger partial charge is 0.255 e. The van der Waals surface area contributed by atoms with Gasteiger partial charge >= 0.3 is 0 Å². The molecule has 19 heavy (non-hydrogen) atoms. The number of hydrogen-bond donors (Lipinski definition) is 3. The molecule has 98 valence electrons. The minimum Gasteiger partial charge on any atom is -0.399 e. The highest BCUT2D eigenvalue weighted by molar-refractivity contribution is 6.04. The zero-order chi connectivity index (χ0) is 13.7. The molecule has 0 unspecified atom stereocenters. The van der Waals surface area contributed by atoms with Crippen molar-refractivity contribution in [3.63, 3.8) is 0 Å². The lowest BCUT2D eigenvalue weighted by Gasteiger charge is -2.06. The molecule has 2 aromatic rings. The number of amides is 1. The summed E-state index contributed by atoms with van der Waals surface area (Å²) < 4.78 is 0. The third-order valence-corrected chi connectivity index (χ3v) is 2.79. The van der Waals surface area contributed by atoms with Gasteiger partial charge in [-0.3, -0.25) is 4.79 Å². The molecule has 5 N–H and O–H groups in total. The van der Waals surface area contributed by atoms with E-state index in [-0.39, 0.29) is 5.91 Å². The van der Waals surface area contributed by atoms with E-state index in [1.807, 2.05) is 12.1 Å². The van der Waals surface area contributed by atoms with Crippen molar-refractivity contribution in [2.45, 2.75) is 6.42 Å². The predicted octanol–water partition coefficient (Wildman–Crippen LogP) is 2.02. The summed E-state index contributed by atoms with van der Waals surface area (Å²) in [5, 5.41) is 2.81. The van der Waals surface area contributed by atoms with E-state index in [9.17, 15) is 4.79 Å². The van der Waals surface area contributed by atoms with Crippen LogP contribution in [-0.2, 0) is 6.42 Å². The summed E-state index contributed by atoms with van der Waals surface area (Å²) in [6.45, 7) is 0.606. The highest BCUT2D eigenvalue weighted by Crippen LogP contribution is 2.13. The van der Waals surface area contributed by atoms with Gasteiger partial charge in [-0.25, -0.2) is 0 Å².